The molecule has 12 heteroatoms. The molecule has 1 saturated heterocycles. The lowest BCUT2D eigenvalue weighted by Gasteiger charge is -2.35. The number of aromatic nitrogens is 6. The Labute approximate surface area is 254 Å². The molecular weight excluding hydrogens is 562 g/mol. The summed E-state index contributed by atoms with van der Waals surface area (Å²) in [5, 5.41) is 17.2. The molecule has 220 valence electrons. The maximum absolute atomic E-state index is 13.5. The van der Waals surface area contributed by atoms with Gasteiger partial charge in [-0.1, -0.05) is 30.3 Å². The number of hydrogen-bond acceptors (Lipinski definition) is 10. The molecule has 3 aromatic heterocycles. The zero-order valence-corrected chi connectivity index (χ0v) is 24.8. The molecule has 1 aromatic carbocycles. The van der Waals surface area contributed by atoms with Gasteiger partial charge < -0.3 is 10.1 Å². The van der Waals surface area contributed by atoms with Crippen molar-refractivity contribution in [3.8, 4) is 17.3 Å². The minimum absolute atomic E-state index is 0.103. The van der Waals surface area contributed by atoms with E-state index in [1.165, 1.54) is 0 Å². The molecule has 0 bridgehead atoms. The normalized spacial score (nSPS) is 18.3. The lowest BCUT2D eigenvalue weighted by atomic mass is 9.90. The number of anilines is 2. The van der Waals surface area contributed by atoms with Crippen LogP contribution in [0.25, 0.3) is 11.3 Å². The maximum atomic E-state index is 13.5. The van der Waals surface area contributed by atoms with Crippen molar-refractivity contribution in [2.45, 2.75) is 50.8 Å². The third kappa shape index (κ3) is 6.94. The second-order valence-electron chi connectivity index (χ2n) is 11.0. The standard InChI is InChI=1S/C31H33N9O2S/c1-39-17-24(14-36-39)28-15-34-29(16-33-28)40(31(41)42-18-21-5-3-2-4-6-21)26-9-7-25(8-10-26)37-30-35-13-23(12-32)27(38-30)11-22-19-43-20-22/h2-6,13-17,22,25-26H,7-11,18-20H2,1H3,(H,35,37,38)/t25-,26-. The molecule has 11 nitrogen and oxygen atoms in total. The average Bonchev–Trinajstić information content (AvgIpc) is 3.46. The zero-order chi connectivity index (χ0) is 29.6. The van der Waals surface area contributed by atoms with Crippen molar-refractivity contribution in [2.24, 2.45) is 13.0 Å². The first-order valence-electron chi connectivity index (χ1n) is 14.5. The van der Waals surface area contributed by atoms with Crippen LogP contribution in [0.3, 0.4) is 0 Å². The first kappa shape index (κ1) is 28.6. The molecule has 1 amide bonds. The van der Waals surface area contributed by atoms with E-state index in [4.69, 9.17) is 9.72 Å². The van der Waals surface area contributed by atoms with Gasteiger partial charge in [0.15, 0.2) is 5.82 Å². The molecule has 1 N–H and O–H groups in total. The van der Waals surface area contributed by atoms with Crippen LogP contribution in [-0.2, 0) is 24.8 Å². The number of benzene rings is 1. The van der Waals surface area contributed by atoms with E-state index in [1.54, 1.807) is 34.4 Å². The molecule has 2 fully saturated rings. The van der Waals surface area contributed by atoms with Gasteiger partial charge in [0.05, 0.1) is 41.7 Å². The highest BCUT2D eigenvalue weighted by atomic mass is 32.2. The lowest BCUT2D eigenvalue weighted by molar-refractivity contribution is 0.142. The van der Waals surface area contributed by atoms with Gasteiger partial charge in [0, 0.05) is 30.9 Å². The fourth-order valence-corrected chi connectivity index (χ4v) is 6.24. The molecule has 0 atom stereocenters. The Bertz CT molecular complexity index is 1580. The topological polar surface area (TPSA) is 135 Å². The predicted octanol–water partition coefficient (Wildman–Crippen LogP) is 5.01. The molecule has 4 aromatic rings. The van der Waals surface area contributed by atoms with Crippen LogP contribution in [0.15, 0.2) is 61.3 Å². The number of thioether (sulfide) groups is 1. The van der Waals surface area contributed by atoms with Crippen LogP contribution < -0.4 is 10.2 Å². The summed E-state index contributed by atoms with van der Waals surface area (Å²) >= 11 is 1.92. The zero-order valence-electron chi connectivity index (χ0n) is 24.0. The van der Waals surface area contributed by atoms with Gasteiger partial charge in [0.1, 0.15) is 12.7 Å². The monoisotopic (exact) mass is 595 g/mol. The SMILES string of the molecule is Cn1cc(-c2cnc(N(C(=O)OCc3ccccc3)[C@H]3CC[C@H](Nc4ncc(C#N)c(CC5CSC5)n4)CC3)cn2)cn1. The third-order valence-electron chi connectivity index (χ3n) is 7.86. The number of nitriles is 1. The van der Waals surface area contributed by atoms with E-state index in [0.717, 1.165) is 60.4 Å². The molecular formula is C31H33N9O2S. The molecule has 6 rings (SSSR count). The quantitative estimate of drug-likeness (QED) is 0.281. The second kappa shape index (κ2) is 13.2. The smallest absolute Gasteiger partial charge is 0.416 e. The van der Waals surface area contributed by atoms with Crippen LogP contribution in [0, 0.1) is 17.2 Å². The van der Waals surface area contributed by atoms with Gasteiger partial charge in [-0.2, -0.15) is 22.1 Å². The Kier molecular flexibility index (Phi) is 8.79. The summed E-state index contributed by atoms with van der Waals surface area (Å²) in [6.07, 6.45) is 12.0. The lowest BCUT2D eigenvalue weighted by Crippen LogP contribution is -2.45. The van der Waals surface area contributed by atoms with Gasteiger partial charge in [-0.3, -0.25) is 14.6 Å². The molecule has 0 unspecified atom stereocenters. The van der Waals surface area contributed by atoms with E-state index < -0.39 is 6.09 Å². The first-order valence-corrected chi connectivity index (χ1v) is 15.6. The highest BCUT2D eigenvalue weighted by molar-refractivity contribution is 8.00. The Balaban J connectivity index is 1.14. The summed E-state index contributed by atoms with van der Waals surface area (Å²) in [4.78, 5) is 33.5. The Morgan fingerprint density at radius 3 is 2.56 bits per heavy atom. The molecule has 0 radical (unpaired) electrons. The van der Waals surface area contributed by atoms with E-state index in [9.17, 15) is 10.1 Å². The first-order chi connectivity index (χ1) is 21.1. The Hall–Kier alpha value is -4.50. The molecule has 4 heterocycles. The fourth-order valence-electron chi connectivity index (χ4n) is 5.44. The highest BCUT2D eigenvalue weighted by Crippen LogP contribution is 2.31. The number of nitrogens with one attached hydrogen (secondary N) is 1. The Morgan fingerprint density at radius 1 is 1.09 bits per heavy atom. The van der Waals surface area contributed by atoms with Gasteiger partial charge in [0.2, 0.25) is 5.95 Å². The highest BCUT2D eigenvalue weighted by Gasteiger charge is 2.32. The largest absolute Gasteiger partial charge is 0.444 e. The molecule has 43 heavy (non-hydrogen) atoms. The van der Waals surface area contributed by atoms with E-state index in [2.05, 4.69) is 31.4 Å². The molecule has 1 aliphatic carbocycles. The number of rotatable bonds is 9. The average molecular weight is 596 g/mol. The van der Waals surface area contributed by atoms with Crippen LogP contribution in [0.1, 0.15) is 42.5 Å². The summed E-state index contributed by atoms with van der Waals surface area (Å²) in [5.41, 5.74) is 3.82. The number of carbonyl (C=O) groups excluding carboxylic acids is 1. The maximum Gasteiger partial charge on any atom is 0.416 e. The second-order valence-corrected chi connectivity index (χ2v) is 12.1. The van der Waals surface area contributed by atoms with Gasteiger partial charge in [-0.15, -0.1) is 0 Å². The van der Waals surface area contributed by atoms with Crippen molar-refractivity contribution in [1.82, 2.24) is 29.7 Å². The Morgan fingerprint density at radius 2 is 1.91 bits per heavy atom. The van der Waals surface area contributed by atoms with E-state index in [0.29, 0.717) is 28.9 Å². The van der Waals surface area contributed by atoms with Crippen molar-refractivity contribution in [3.05, 3.63) is 78.1 Å². The summed E-state index contributed by atoms with van der Waals surface area (Å²) in [5.74, 6) is 3.81. The minimum atomic E-state index is -0.446. The van der Waals surface area contributed by atoms with Crippen molar-refractivity contribution < 1.29 is 9.53 Å². The van der Waals surface area contributed by atoms with Gasteiger partial charge >= 0.3 is 6.09 Å². The summed E-state index contributed by atoms with van der Waals surface area (Å²) in [6.45, 7) is 0.173. The number of nitrogens with zero attached hydrogens (tertiary/aromatic N) is 8. The number of hydrogen-bond donors (Lipinski definition) is 1. The van der Waals surface area contributed by atoms with Crippen molar-refractivity contribution >= 4 is 29.6 Å². The van der Waals surface area contributed by atoms with Crippen LogP contribution in [0.5, 0.6) is 0 Å². The van der Waals surface area contributed by atoms with Gasteiger partial charge in [-0.05, 0) is 55.1 Å². The minimum Gasteiger partial charge on any atom is -0.444 e. The predicted molar refractivity (Wildman–Crippen MR) is 164 cm³/mol. The molecule has 0 spiro atoms. The molecule has 1 saturated carbocycles. The third-order valence-corrected chi connectivity index (χ3v) is 9.27. The van der Waals surface area contributed by atoms with E-state index in [1.807, 2.05) is 55.3 Å². The van der Waals surface area contributed by atoms with Gasteiger partial charge in [-0.25, -0.2) is 19.7 Å². The van der Waals surface area contributed by atoms with Gasteiger partial charge in [0.25, 0.3) is 0 Å². The number of aryl methyl sites for hydroxylation is 1. The fraction of sp³-hybridized carbons (Fsp3) is 0.387. The van der Waals surface area contributed by atoms with E-state index in [-0.39, 0.29) is 18.7 Å². The van der Waals surface area contributed by atoms with E-state index >= 15 is 0 Å². The van der Waals surface area contributed by atoms with Crippen molar-refractivity contribution in [3.63, 3.8) is 0 Å². The van der Waals surface area contributed by atoms with Crippen molar-refractivity contribution in [2.75, 3.05) is 21.7 Å². The summed E-state index contributed by atoms with van der Waals surface area (Å²) in [7, 11) is 1.85. The number of ether oxygens (including phenoxy) is 1. The summed E-state index contributed by atoms with van der Waals surface area (Å²) < 4.78 is 7.47. The summed E-state index contributed by atoms with van der Waals surface area (Å²) in [6, 6.07) is 11.9. The van der Waals surface area contributed by atoms with Crippen LogP contribution in [0.2, 0.25) is 0 Å². The van der Waals surface area contributed by atoms with Crippen LogP contribution in [-0.4, -0.2) is 59.4 Å². The number of carbonyl (C=O) groups is 1. The molecule has 1 aliphatic heterocycles. The van der Waals surface area contributed by atoms with Crippen LogP contribution >= 0.6 is 11.8 Å². The number of amides is 1. The van der Waals surface area contributed by atoms with Crippen molar-refractivity contribution in [1.29, 1.82) is 5.26 Å². The molecule has 2 aliphatic rings. The van der Waals surface area contributed by atoms with Crippen LogP contribution in [0.4, 0.5) is 16.6 Å².